The highest BCUT2D eigenvalue weighted by Crippen LogP contribution is 2.40. The molecular formula is C15H17N3. The van der Waals surface area contributed by atoms with Crippen molar-refractivity contribution in [3.05, 3.63) is 59.9 Å². The summed E-state index contributed by atoms with van der Waals surface area (Å²) in [5.74, 6) is 0.667. The van der Waals surface area contributed by atoms with Crippen LogP contribution in [0.15, 0.2) is 48.7 Å². The number of rotatable bonds is 4. The monoisotopic (exact) mass is 239 g/mol. The molecule has 3 rings (SSSR count). The molecule has 0 saturated heterocycles. The Balaban J connectivity index is 1.53. The lowest BCUT2D eigenvalue weighted by molar-refractivity contribution is 0.661. The second kappa shape index (κ2) is 4.78. The smallest absolute Gasteiger partial charge is 0.0543 e. The molecule has 18 heavy (non-hydrogen) atoms. The van der Waals surface area contributed by atoms with Gasteiger partial charge in [0.25, 0.3) is 0 Å². The molecule has 2 atom stereocenters. The average Bonchev–Trinajstić information content (AvgIpc) is 3.19. The lowest BCUT2D eigenvalue weighted by Crippen LogP contribution is -2.18. The van der Waals surface area contributed by atoms with Crippen LogP contribution in [0.4, 0.5) is 5.69 Å². The summed E-state index contributed by atoms with van der Waals surface area (Å²) < 4.78 is 0. The van der Waals surface area contributed by atoms with Gasteiger partial charge in [-0.2, -0.15) is 0 Å². The number of nitrogens with two attached hydrogens (primary N) is 1. The van der Waals surface area contributed by atoms with E-state index in [0.29, 0.717) is 17.6 Å². The lowest BCUT2D eigenvalue weighted by atomic mass is 10.1. The molecule has 3 N–H and O–H groups in total. The van der Waals surface area contributed by atoms with Crippen molar-refractivity contribution in [1.29, 1.82) is 0 Å². The molecule has 0 aliphatic heterocycles. The Bertz CT molecular complexity index is 507. The number of hydrogen-bond donors (Lipinski definition) is 2. The number of hydrogen-bond acceptors (Lipinski definition) is 3. The van der Waals surface area contributed by atoms with Crippen molar-refractivity contribution in [3.8, 4) is 0 Å². The predicted octanol–water partition coefficient (Wildman–Crippen LogP) is 2.31. The first-order valence-corrected chi connectivity index (χ1v) is 6.31. The molecule has 1 heterocycles. The molecule has 3 heteroatoms. The minimum atomic E-state index is 0.590. The van der Waals surface area contributed by atoms with E-state index in [1.807, 2.05) is 12.1 Å². The molecule has 2 unspecified atom stereocenters. The van der Waals surface area contributed by atoms with Crippen molar-refractivity contribution in [1.82, 2.24) is 10.3 Å². The van der Waals surface area contributed by atoms with E-state index in [1.54, 1.807) is 6.20 Å². The maximum atomic E-state index is 5.61. The standard InChI is InChI=1S/C15H17N3/c16-12-6-7-13(17-9-12)10-18-15-8-14(15)11-4-2-1-3-5-11/h1-7,9,14-15,18H,8,10,16H2. The van der Waals surface area contributed by atoms with Crippen LogP contribution in [0.1, 0.15) is 23.6 Å². The summed E-state index contributed by atoms with van der Waals surface area (Å²) in [5, 5.41) is 3.54. The third-order valence-electron chi connectivity index (χ3n) is 3.41. The Hall–Kier alpha value is -1.87. The molecule has 0 amide bonds. The van der Waals surface area contributed by atoms with Crippen molar-refractivity contribution in [2.75, 3.05) is 5.73 Å². The lowest BCUT2D eigenvalue weighted by Gasteiger charge is -2.04. The van der Waals surface area contributed by atoms with Gasteiger partial charge in [0.15, 0.2) is 0 Å². The maximum absolute atomic E-state index is 5.61. The number of nitrogen functional groups attached to an aromatic ring is 1. The van der Waals surface area contributed by atoms with E-state index in [9.17, 15) is 0 Å². The van der Waals surface area contributed by atoms with Gasteiger partial charge in [-0.15, -0.1) is 0 Å². The van der Waals surface area contributed by atoms with Gasteiger partial charge in [-0.25, -0.2) is 0 Å². The average molecular weight is 239 g/mol. The molecule has 1 aromatic carbocycles. The van der Waals surface area contributed by atoms with Crippen LogP contribution in [0.2, 0.25) is 0 Å². The fourth-order valence-corrected chi connectivity index (χ4v) is 2.27. The molecule has 1 aliphatic rings. The molecule has 0 spiro atoms. The van der Waals surface area contributed by atoms with Crippen LogP contribution in [0.3, 0.4) is 0 Å². The van der Waals surface area contributed by atoms with Crippen LogP contribution in [-0.2, 0) is 6.54 Å². The number of anilines is 1. The van der Waals surface area contributed by atoms with E-state index in [4.69, 9.17) is 5.73 Å². The van der Waals surface area contributed by atoms with Gasteiger partial charge in [0.1, 0.15) is 0 Å². The van der Waals surface area contributed by atoms with E-state index in [1.165, 1.54) is 12.0 Å². The topological polar surface area (TPSA) is 50.9 Å². The van der Waals surface area contributed by atoms with Gasteiger partial charge in [-0.1, -0.05) is 30.3 Å². The molecule has 2 aromatic rings. The number of nitrogens with zero attached hydrogens (tertiary/aromatic N) is 1. The normalized spacial score (nSPS) is 21.8. The molecule has 1 aromatic heterocycles. The Kier molecular flexibility index (Phi) is 2.99. The Morgan fingerprint density at radius 1 is 1.17 bits per heavy atom. The van der Waals surface area contributed by atoms with Crippen LogP contribution >= 0.6 is 0 Å². The quantitative estimate of drug-likeness (QED) is 0.860. The first kappa shape index (κ1) is 11.2. The Labute approximate surface area is 107 Å². The summed E-state index contributed by atoms with van der Waals surface area (Å²) in [7, 11) is 0. The van der Waals surface area contributed by atoms with Crippen molar-refractivity contribution < 1.29 is 0 Å². The fraction of sp³-hybridized carbons (Fsp3) is 0.267. The van der Waals surface area contributed by atoms with E-state index in [-0.39, 0.29) is 0 Å². The summed E-state index contributed by atoms with van der Waals surface area (Å²) in [6.07, 6.45) is 2.93. The third-order valence-corrected chi connectivity index (χ3v) is 3.41. The van der Waals surface area contributed by atoms with Gasteiger partial charge in [0, 0.05) is 18.5 Å². The maximum Gasteiger partial charge on any atom is 0.0543 e. The first-order valence-electron chi connectivity index (χ1n) is 6.31. The molecule has 0 radical (unpaired) electrons. The van der Waals surface area contributed by atoms with Gasteiger partial charge in [-0.3, -0.25) is 4.98 Å². The molecule has 3 nitrogen and oxygen atoms in total. The van der Waals surface area contributed by atoms with Crippen molar-refractivity contribution in [2.45, 2.75) is 24.9 Å². The Morgan fingerprint density at radius 2 is 2.00 bits per heavy atom. The van der Waals surface area contributed by atoms with E-state index < -0.39 is 0 Å². The van der Waals surface area contributed by atoms with Crippen LogP contribution in [0.5, 0.6) is 0 Å². The molecule has 1 saturated carbocycles. The highest BCUT2D eigenvalue weighted by Gasteiger charge is 2.37. The summed E-state index contributed by atoms with van der Waals surface area (Å²) in [6, 6.07) is 15.1. The SMILES string of the molecule is Nc1ccc(CNC2CC2c2ccccc2)nc1. The van der Waals surface area contributed by atoms with Crippen LogP contribution < -0.4 is 11.1 Å². The third kappa shape index (κ3) is 2.51. The number of benzene rings is 1. The molecule has 92 valence electrons. The van der Waals surface area contributed by atoms with E-state index in [2.05, 4.69) is 40.6 Å². The number of pyridine rings is 1. The van der Waals surface area contributed by atoms with Gasteiger partial charge in [0.2, 0.25) is 0 Å². The summed E-state index contributed by atoms with van der Waals surface area (Å²) in [6.45, 7) is 0.814. The van der Waals surface area contributed by atoms with Gasteiger partial charge < -0.3 is 11.1 Å². The van der Waals surface area contributed by atoms with Crippen molar-refractivity contribution >= 4 is 5.69 Å². The van der Waals surface area contributed by atoms with Crippen LogP contribution in [0, 0.1) is 0 Å². The van der Waals surface area contributed by atoms with E-state index in [0.717, 1.165) is 12.2 Å². The van der Waals surface area contributed by atoms with Gasteiger partial charge >= 0.3 is 0 Å². The molecule has 1 fully saturated rings. The first-order chi connectivity index (χ1) is 8.83. The van der Waals surface area contributed by atoms with Crippen LogP contribution in [0.25, 0.3) is 0 Å². The zero-order valence-corrected chi connectivity index (χ0v) is 10.2. The van der Waals surface area contributed by atoms with Crippen LogP contribution in [-0.4, -0.2) is 11.0 Å². The van der Waals surface area contributed by atoms with Crippen molar-refractivity contribution in [3.63, 3.8) is 0 Å². The Morgan fingerprint density at radius 3 is 2.72 bits per heavy atom. The zero-order chi connectivity index (χ0) is 12.4. The summed E-state index contributed by atoms with van der Waals surface area (Å²) >= 11 is 0. The zero-order valence-electron chi connectivity index (χ0n) is 10.2. The minimum absolute atomic E-state index is 0.590. The second-order valence-electron chi connectivity index (χ2n) is 4.82. The number of nitrogens with one attached hydrogen (secondary N) is 1. The van der Waals surface area contributed by atoms with Gasteiger partial charge in [0.05, 0.1) is 17.6 Å². The second-order valence-corrected chi connectivity index (χ2v) is 4.82. The fourth-order valence-electron chi connectivity index (χ4n) is 2.27. The largest absolute Gasteiger partial charge is 0.397 e. The highest BCUT2D eigenvalue weighted by atomic mass is 15.0. The number of aromatic nitrogens is 1. The predicted molar refractivity (Wildman–Crippen MR) is 73.1 cm³/mol. The van der Waals surface area contributed by atoms with E-state index >= 15 is 0 Å². The molecule has 0 bridgehead atoms. The summed E-state index contributed by atoms with van der Waals surface area (Å²) in [5.41, 5.74) is 8.80. The van der Waals surface area contributed by atoms with Gasteiger partial charge in [-0.05, 0) is 24.1 Å². The minimum Gasteiger partial charge on any atom is -0.397 e. The van der Waals surface area contributed by atoms with Crippen molar-refractivity contribution in [2.24, 2.45) is 0 Å². The summed E-state index contributed by atoms with van der Waals surface area (Å²) in [4.78, 5) is 4.29. The molecular weight excluding hydrogens is 222 g/mol. The highest BCUT2D eigenvalue weighted by molar-refractivity contribution is 5.34. The molecule has 1 aliphatic carbocycles.